The Morgan fingerprint density at radius 3 is 1.83 bits per heavy atom. The number of hydrogen-bond acceptors (Lipinski definition) is 4. The molecule has 0 atom stereocenters. The molecule has 0 fully saturated rings. The summed E-state index contributed by atoms with van der Waals surface area (Å²) in [5, 5.41) is 22.2. The van der Waals surface area contributed by atoms with Crippen molar-refractivity contribution in [3.05, 3.63) is 35.9 Å². The minimum absolute atomic E-state index is 0. The number of carboxylic acid groups (broad SMARTS) is 2. The van der Waals surface area contributed by atoms with Crippen molar-refractivity contribution in [2.75, 3.05) is 0 Å². The van der Waals surface area contributed by atoms with E-state index in [0.717, 1.165) is 0 Å². The summed E-state index contributed by atoms with van der Waals surface area (Å²) in [6, 6.07) is 7.78. The Kier molecular flexibility index (Phi) is 10.4. The molecule has 86 valence electrons. The summed E-state index contributed by atoms with van der Waals surface area (Å²) < 4.78 is 0. The Balaban J connectivity index is 0. The van der Waals surface area contributed by atoms with E-state index in [0.29, 0.717) is 6.42 Å². The van der Waals surface area contributed by atoms with Crippen molar-refractivity contribution < 1.29 is 78.9 Å². The molecule has 0 amide bonds. The molecular weight excluding hydrogens is 254 g/mol. The van der Waals surface area contributed by atoms with Gasteiger partial charge in [-0.05, 0) is 12.0 Å². The van der Waals surface area contributed by atoms with Gasteiger partial charge in [-0.2, -0.15) is 0 Å². The summed E-state index contributed by atoms with van der Waals surface area (Å²) >= 11 is 0. The molecule has 0 aromatic heterocycles. The van der Waals surface area contributed by atoms with E-state index in [1.165, 1.54) is 12.1 Å². The van der Waals surface area contributed by atoms with Gasteiger partial charge in [-0.3, -0.25) is 0 Å². The molecule has 0 radical (unpaired) electrons. The van der Waals surface area contributed by atoms with Crippen molar-refractivity contribution >= 4 is 11.9 Å². The molecular formula is C12H12Na2O4. The molecule has 1 aromatic carbocycles. The maximum Gasteiger partial charge on any atom is 1.00 e. The Morgan fingerprint density at radius 1 is 1.06 bits per heavy atom. The van der Waals surface area contributed by atoms with Gasteiger partial charge < -0.3 is 19.8 Å². The second-order valence-corrected chi connectivity index (χ2v) is 3.60. The predicted molar refractivity (Wildman–Crippen MR) is 53.0 cm³/mol. The Bertz CT molecular complexity index is 378. The molecule has 1 aromatic rings. The van der Waals surface area contributed by atoms with Gasteiger partial charge in [-0.1, -0.05) is 43.7 Å². The first-order valence-electron chi connectivity index (χ1n) is 5.04. The van der Waals surface area contributed by atoms with Gasteiger partial charge in [0, 0.05) is 0 Å². The molecule has 0 unspecified atom stereocenters. The first-order chi connectivity index (χ1) is 7.55. The zero-order valence-corrected chi connectivity index (χ0v) is 14.9. The summed E-state index contributed by atoms with van der Waals surface area (Å²) in [6.45, 7) is 1.71. The molecule has 0 bridgehead atoms. The zero-order chi connectivity index (χ0) is 12.2. The van der Waals surface area contributed by atoms with Gasteiger partial charge in [0.05, 0.1) is 17.4 Å². The van der Waals surface area contributed by atoms with Gasteiger partial charge in [0.15, 0.2) is 0 Å². The summed E-state index contributed by atoms with van der Waals surface area (Å²) in [5.74, 6) is -3.25. The van der Waals surface area contributed by atoms with E-state index >= 15 is 0 Å². The van der Waals surface area contributed by atoms with Crippen LogP contribution in [0.1, 0.15) is 25.3 Å². The summed E-state index contributed by atoms with van der Waals surface area (Å²) in [6.07, 6.45) is 0.374. The van der Waals surface area contributed by atoms with Crippen LogP contribution in [0.15, 0.2) is 30.3 Å². The van der Waals surface area contributed by atoms with Crippen molar-refractivity contribution in [3.63, 3.8) is 0 Å². The molecule has 0 aliphatic carbocycles. The SMILES string of the molecule is CCCC(C(=O)[O-])(C(=O)[O-])c1ccccc1.[Na+].[Na+]. The largest absolute Gasteiger partial charge is 1.00 e. The van der Waals surface area contributed by atoms with Gasteiger partial charge >= 0.3 is 59.1 Å². The number of rotatable bonds is 5. The molecule has 0 spiro atoms. The maximum absolute atomic E-state index is 11.1. The molecule has 1 rings (SSSR count). The fourth-order valence-electron chi connectivity index (χ4n) is 1.77. The van der Waals surface area contributed by atoms with Gasteiger partial charge in [0.2, 0.25) is 0 Å². The van der Waals surface area contributed by atoms with Crippen LogP contribution in [-0.4, -0.2) is 11.9 Å². The Hall–Kier alpha value is 0.160. The minimum Gasteiger partial charge on any atom is -0.549 e. The number of carboxylic acids is 2. The van der Waals surface area contributed by atoms with Crippen LogP contribution in [0.5, 0.6) is 0 Å². The second-order valence-electron chi connectivity index (χ2n) is 3.60. The van der Waals surface area contributed by atoms with Crippen LogP contribution in [0, 0.1) is 0 Å². The minimum atomic E-state index is -2.05. The van der Waals surface area contributed by atoms with Crippen LogP contribution in [0.2, 0.25) is 0 Å². The van der Waals surface area contributed by atoms with Crippen LogP contribution < -0.4 is 69.3 Å². The van der Waals surface area contributed by atoms with E-state index in [1.54, 1.807) is 25.1 Å². The number of carbonyl (C=O) groups excluding carboxylic acids is 2. The van der Waals surface area contributed by atoms with Crippen LogP contribution in [-0.2, 0) is 15.0 Å². The molecule has 0 saturated heterocycles. The number of hydrogen-bond donors (Lipinski definition) is 0. The van der Waals surface area contributed by atoms with Crippen LogP contribution in [0.4, 0.5) is 0 Å². The van der Waals surface area contributed by atoms with Crippen molar-refractivity contribution in [3.8, 4) is 0 Å². The fourth-order valence-corrected chi connectivity index (χ4v) is 1.77. The third kappa shape index (κ3) is 4.08. The topological polar surface area (TPSA) is 80.3 Å². The van der Waals surface area contributed by atoms with Crippen molar-refractivity contribution in [2.24, 2.45) is 0 Å². The average Bonchev–Trinajstić information content (AvgIpc) is 2.26. The van der Waals surface area contributed by atoms with E-state index in [9.17, 15) is 19.8 Å². The van der Waals surface area contributed by atoms with Crippen LogP contribution in [0.25, 0.3) is 0 Å². The molecule has 0 aliphatic rings. The van der Waals surface area contributed by atoms with Crippen LogP contribution in [0.3, 0.4) is 0 Å². The molecule has 0 saturated carbocycles. The van der Waals surface area contributed by atoms with Crippen molar-refractivity contribution in [2.45, 2.75) is 25.2 Å². The van der Waals surface area contributed by atoms with Gasteiger partial charge in [-0.25, -0.2) is 0 Å². The molecule has 4 nitrogen and oxygen atoms in total. The Labute approximate surface area is 150 Å². The van der Waals surface area contributed by atoms with E-state index in [1.807, 2.05) is 0 Å². The third-order valence-electron chi connectivity index (χ3n) is 2.59. The second kappa shape index (κ2) is 9.13. The summed E-state index contributed by atoms with van der Waals surface area (Å²) in [5.41, 5.74) is -1.85. The first kappa shape index (κ1) is 20.5. The molecule has 0 heterocycles. The number of carbonyl (C=O) groups is 2. The van der Waals surface area contributed by atoms with E-state index in [-0.39, 0.29) is 71.1 Å². The summed E-state index contributed by atoms with van der Waals surface area (Å²) in [7, 11) is 0. The van der Waals surface area contributed by atoms with Crippen molar-refractivity contribution in [1.29, 1.82) is 0 Å². The van der Waals surface area contributed by atoms with Crippen molar-refractivity contribution in [1.82, 2.24) is 0 Å². The van der Waals surface area contributed by atoms with Crippen LogP contribution >= 0.6 is 0 Å². The third-order valence-corrected chi connectivity index (χ3v) is 2.59. The first-order valence-corrected chi connectivity index (χ1v) is 5.04. The normalized spacial score (nSPS) is 9.83. The monoisotopic (exact) mass is 266 g/mol. The van der Waals surface area contributed by atoms with Gasteiger partial charge in [0.1, 0.15) is 0 Å². The summed E-state index contributed by atoms with van der Waals surface area (Å²) in [4.78, 5) is 22.2. The smallest absolute Gasteiger partial charge is 0.549 e. The Morgan fingerprint density at radius 2 is 1.50 bits per heavy atom. The van der Waals surface area contributed by atoms with Gasteiger partial charge in [0.25, 0.3) is 0 Å². The number of aliphatic carboxylic acids is 2. The van der Waals surface area contributed by atoms with E-state index in [4.69, 9.17) is 0 Å². The molecule has 18 heavy (non-hydrogen) atoms. The molecule has 6 heteroatoms. The van der Waals surface area contributed by atoms with E-state index in [2.05, 4.69) is 0 Å². The molecule has 0 N–H and O–H groups in total. The molecule has 0 aliphatic heterocycles. The van der Waals surface area contributed by atoms with E-state index < -0.39 is 17.4 Å². The standard InChI is InChI=1S/C12H14O4.2Na/c1-2-8-12(10(13)14,11(15)16)9-6-4-3-5-7-9;;/h3-7H,2,8H2,1H3,(H,13,14)(H,15,16);;/q;2*+1/p-2. The zero-order valence-electron chi connectivity index (χ0n) is 10.9. The fraction of sp³-hybridized carbons (Fsp3) is 0.333. The maximum atomic E-state index is 11.1. The predicted octanol–water partition coefficient (Wildman–Crippen LogP) is -6.77. The number of benzene rings is 1. The quantitative estimate of drug-likeness (QED) is 0.392. The average molecular weight is 266 g/mol. The van der Waals surface area contributed by atoms with Gasteiger partial charge in [-0.15, -0.1) is 0 Å².